The third-order valence-corrected chi connectivity index (χ3v) is 2.76. The molecule has 20 heavy (non-hydrogen) atoms. The lowest BCUT2D eigenvalue weighted by atomic mass is 9.92. The van der Waals surface area contributed by atoms with Crippen LogP contribution in [0.3, 0.4) is 0 Å². The number of rotatable bonds is 9. The van der Waals surface area contributed by atoms with E-state index >= 15 is 0 Å². The molecule has 1 atom stereocenters. The molecule has 7 heteroatoms. The van der Waals surface area contributed by atoms with Gasteiger partial charge in [-0.15, -0.1) is 0 Å². The summed E-state index contributed by atoms with van der Waals surface area (Å²) in [6, 6.07) is 0. The van der Waals surface area contributed by atoms with Crippen molar-refractivity contribution >= 4 is 11.9 Å². The second kappa shape index (κ2) is 8.68. The van der Waals surface area contributed by atoms with Crippen molar-refractivity contribution in [1.82, 2.24) is 0 Å². The van der Waals surface area contributed by atoms with E-state index in [0.29, 0.717) is 0 Å². The third kappa shape index (κ3) is 6.14. The number of carboxylic acid groups (broad SMARTS) is 1. The second-order valence-electron chi connectivity index (χ2n) is 5.03. The molecule has 0 radical (unpaired) electrons. The predicted octanol–water partition coefficient (Wildman–Crippen LogP) is -0.450. The van der Waals surface area contributed by atoms with Gasteiger partial charge in [0.25, 0.3) is 0 Å². The van der Waals surface area contributed by atoms with Crippen molar-refractivity contribution in [3.05, 3.63) is 11.6 Å². The van der Waals surface area contributed by atoms with E-state index in [-0.39, 0.29) is 6.61 Å². The molecule has 116 valence electrons. The molecule has 0 aliphatic rings. The smallest absolute Gasteiger partial charge is 0.313 e. The quantitative estimate of drug-likeness (QED) is 0.335. The van der Waals surface area contributed by atoms with Crippen molar-refractivity contribution in [1.29, 1.82) is 0 Å². The summed E-state index contributed by atoms with van der Waals surface area (Å²) in [5, 5.41) is 36.1. The van der Waals surface area contributed by atoms with Gasteiger partial charge in [-0.05, 0) is 13.8 Å². The lowest BCUT2D eigenvalue weighted by Gasteiger charge is -2.27. The van der Waals surface area contributed by atoms with Gasteiger partial charge in [-0.2, -0.15) is 0 Å². The standard InChI is InChI=1S/C13H22O7/c1-9(2)3-10(4-11(17)18)12(19)20-8-13(5-14,6-15)7-16/h3,10,14-16H,4-8H2,1-2H3,(H,17,18). The number of aliphatic carboxylic acids is 1. The molecule has 4 N–H and O–H groups in total. The van der Waals surface area contributed by atoms with E-state index in [9.17, 15) is 9.59 Å². The fourth-order valence-corrected chi connectivity index (χ4v) is 1.42. The van der Waals surface area contributed by atoms with Crippen molar-refractivity contribution in [2.24, 2.45) is 11.3 Å². The van der Waals surface area contributed by atoms with E-state index in [1.165, 1.54) is 6.08 Å². The summed E-state index contributed by atoms with van der Waals surface area (Å²) in [5.74, 6) is -2.85. The summed E-state index contributed by atoms with van der Waals surface area (Å²) in [4.78, 5) is 22.5. The number of aliphatic hydroxyl groups excluding tert-OH is 3. The van der Waals surface area contributed by atoms with Crippen molar-refractivity contribution < 1.29 is 34.8 Å². The Balaban J connectivity index is 4.76. The Bertz CT molecular complexity index is 345. The number of aliphatic hydroxyl groups is 3. The second-order valence-corrected chi connectivity index (χ2v) is 5.03. The maximum atomic E-state index is 11.8. The molecule has 0 saturated carbocycles. The highest BCUT2D eigenvalue weighted by atomic mass is 16.5. The number of allylic oxidation sites excluding steroid dienone is 1. The Morgan fingerprint density at radius 3 is 2.00 bits per heavy atom. The van der Waals surface area contributed by atoms with Crippen LogP contribution in [0.5, 0.6) is 0 Å². The zero-order valence-electron chi connectivity index (χ0n) is 11.7. The minimum absolute atomic E-state index is 0.387. The molecule has 0 aromatic heterocycles. The van der Waals surface area contributed by atoms with Crippen LogP contribution in [0.2, 0.25) is 0 Å². The molecule has 0 aromatic rings. The lowest BCUT2D eigenvalue weighted by Crippen LogP contribution is -2.40. The summed E-state index contributed by atoms with van der Waals surface area (Å²) in [6.07, 6.45) is 1.07. The molecule has 0 aliphatic heterocycles. The van der Waals surface area contributed by atoms with Gasteiger partial charge in [-0.25, -0.2) is 0 Å². The first-order chi connectivity index (χ1) is 9.30. The van der Waals surface area contributed by atoms with Gasteiger partial charge in [0.1, 0.15) is 6.61 Å². The molecule has 0 aromatic carbocycles. The maximum Gasteiger partial charge on any atom is 0.313 e. The van der Waals surface area contributed by atoms with Crippen LogP contribution in [0, 0.1) is 11.3 Å². The molecular formula is C13H22O7. The van der Waals surface area contributed by atoms with E-state index in [1.807, 2.05) is 0 Å². The Morgan fingerprint density at radius 2 is 1.65 bits per heavy atom. The molecule has 0 rings (SSSR count). The Kier molecular flexibility index (Phi) is 8.05. The number of ether oxygens (including phenoxy) is 1. The predicted molar refractivity (Wildman–Crippen MR) is 69.8 cm³/mol. The highest BCUT2D eigenvalue weighted by Gasteiger charge is 2.31. The van der Waals surface area contributed by atoms with Crippen LogP contribution in [0.15, 0.2) is 11.6 Å². The monoisotopic (exact) mass is 290 g/mol. The molecular weight excluding hydrogens is 268 g/mol. The van der Waals surface area contributed by atoms with Crippen LogP contribution in [0.1, 0.15) is 20.3 Å². The summed E-state index contributed by atoms with van der Waals surface area (Å²) >= 11 is 0. The largest absolute Gasteiger partial charge is 0.481 e. The van der Waals surface area contributed by atoms with Crippen LogP contribution in [0.25, 0.3) is 0 Å². The van der Waals surface area contributed by atoms with Gasteiger partial charge >= 0.3 is 11.9 Å². The lowest BCUT2D eigenvalue weighted by molar-refractivity contribution is -0.157. The number of carbonyl (C=O) groups is 2. The summed E-state index contributed by atoms with van der Waals surface area (Å²) in [7, 11) is 0. The summed E-state index contributed by atoms with van der Waals surface area (Å²) in [6.45, 7) is 1.39. The Hall–Kier alpha value is -1.44. The van der Waals surface area contributed by atoms with Crippen LogP contribution in [-0.2, 0) is 14.3 Å². The highest BCUT2D eigenvalue weighted by molar-refractivity contribution is 5.80. The molecule has 7 nitrogen and oxygen atoms in total. The summed E-state index contributed by atoms with van der Waals surface area (Å²) in [5.41, 5.74) is -0.556. The Labute approximate surface area is 117 Å². The van der Waals surface area contributed by atoms with E-state index in [1.54, 1.807) is 13.8 Å². The van der Waals surface area contributed by atoms with Gasteiger partial charge in [-0.3, -0.25) is 9.59 Å². The van der Waals surface area contributed by atoms with Crippen molar-refractivity contribution in [3.8, 4) is 0 Å². The number of carbonyl (C=O) groups excluding carboxylic acids is 1. The SMILES string of the molecule is CC(C)=CC(CC(=O)O)C(=O)OCC(CO)(CO)CO. The van der Waals surface area contributed by atoms with Gasteiger partial charge in [0, 0.05) is 0 Å². The summed E-state index contributed by atoms with van der Waals surface area (Å²) < 4.78 is 4.92. The first-order valence-corrected chi connectivity index (χ1v) is 6.16. The maximum absolute atomic E-state index is 11.8. The minimum Gasteiger partial charge on any atom is -0.481 e. The van der Waals surface area contributed by atoms with Gasteiger partial charge in [-0.1, -0.05) is 11.6 Å². The van der Waals surface area contributed by atoms with Gasteiger partial charge in [0.15, 0.2) is 0 Å². The average molecular weight is 290 g/mol. The van der Waals surface area contributed by atoms with E-state index in [0.717, 1.165) is 5.57 Å². The molecule has 0 spiro atoms. The topological polar surface area (TPSA) is 124 Å². The van der Waals surface area contributed by atoms with Gasteiger partial charge < -0.3 is 25.2 Å². The molecule has 0 fully saturated rings. The zero-order valence-corrected chi connectivity index (χ0v) is 11.7. The Morgan fingerprint density at radius 1 is 1.15 bits per heavy atom. The third-order valence-electron chi connectivity index (χ3n) is 2.76. The van der Waals surface area contributed by atoms with Gasteiger partial charge in [0.05, 0.1) is 37.6 Å². The van der Waals surface area contributed by atoms with Crippen LogP contribution < -0.4 is 0 Å². The molecule has 1 unspecified atom stereocenters. The fraction of sp³-hybridized carbons (Fsp3) is 0.692. The van der Waals surface area contributed by atoms with Crippen molar-refractivity contribution in [3.63, 3.8) is 0 Å². The number of hydrogen-bond acceptors (Lipinski definition) is 6. The van der Waals surface area contributed by atoms with Crippen LogP contribution in [0.4, 0.5) is 0 Å². The van der Waals surface area contributed by atoms with E-state index < -0.39 is 49.5 Å². The fourth-order valence-electron chi connectivity index (χ4n) is 1.42. The van der Waals surface area contributed by atoms with E-state index in [4.69, 9.17) is 25.2 Å². The molecule has 0 saturated heterocycles. The number of esters is 1. The number of hydrogen-bond donors (Lipinski definition) is 4. The first-order valence-electron chi connectivity index (χ1n) is 6.16. The van der Waals surface area contributed by atoms with Crippen molar-refractivity contribution in [2.75, 3.05) is 26.4 Å². The van der Waals surface area contributed by atoms with Crippen LogP contribution >= 0.6 is 0 Å². The molecule has 0 heterocycles. The van der Waals surface area contributed by atoms with Crippen LogP contribution in [-0.4, -0.2) is 58.8 Å². The van der Waals surface area contributed by atoms with E-state index in [2.05, 4.69) is 0 Å². The van der Waals surface area contributed by atoms with Crippen molar-refractivity contribution in [2.45, 2.75) is 20.3 Å². The average Bonchev–Trinajstić information content (AvgIpc) is 2.39. The molecule has 0 aliphatic carbocycles. The molecule has 0 amide bonds. The number of carboxylic acids is 1. The zero-order chi connectivity index (χ0) is 15.8. The first kappa shape index (κ1) is 18.6. The normalized spacial score (nSPS) is 12.7. The highest BCUT2D eigenvalue weighted by Crippen LogP contribution is 2.18. The van der Waals surface area contributed by atoms with Gasteiger partial charge in [0.2, 0.25) is 0 Å². The molecule has 0 bridgehead atoms. The minimum atomic E-state index is -1.32.